The molecule has 0 fully saturated rings. The van der Waals surface area contributed by atoms with Gasteiger partial charge in [-0.3, -0.25) is 0 Å². The summed E-state index contributed by atoms with van der Waals surface area (Å²) in [6, 6.07) is 0. The van der Waals surface area contributed by atoms with E-state index in [1.807, 2.05) is 11.9 Å². The number of rotatable bonds is 3. The van der Waals surface area contributed by atoms with Crippen LogP contribution in [0.2, 0.25) is 5.28 Å². The van der Waals surface area contributed by atoms with Crippen LogP contribution < -0.4 is 4.90 Å². The van der Waals surface area contributed by atoms with Gasteiger partial charge in [-0.25, -0.2) is 4.98 Å². The second-order valence-electron chi connectivity index (χ2n) is 4.59. The van der Waals surface area contributed by atoms with Gasteiger partial charge in [-0.05, 0) is 25.4 Å². The van der Waals surface area contributed by atoms with Crippen LogP contribution in [-0.4, -0.2) is 44.2 Å². The van der Waals surface area contributed by atoms with Crippen molar-refractivity contribution in [3.05, 3.63) is 11.6 Å². The number of hydrogen-bond acceptors (Lipinski definition) is 5. The first-order chi connectivity index (χ1) is 7.87. The Morgan fingerprint density at radius 1 is 1.47 bits per heavy atom. The highest BCUT2D eigenvalue weighted by Gasteiger charge is 2.19. The molecule has 0 spiro atoms. The Morgan fingerprint density at radius 3 is 2.82 bits per heavy atom. The molecule has 6 nitrogen and oxygen atoms in total. The van der Waals surface area contributed by atoms with E-state index in [-0.39, 0.29) is 5.28 Å². The smallest absolute Gasteiger partial charge is 0.226 e. The summed E-state index contributed by atoms with van der Waals surface area (Å²) in [4.78, 5) is 17.0. The normalized spacial score (nSPS) is 12.1. The fourth-order valence-electron chi connectivity index (χ4n) is 1.72. The van der Waals surface area contributed by atoms with Gasteiger partial charge in [0.05, 0.1) is 11.9 Å². The first kappa shape index (κ1) is 12.1. The minimum absolute atomic E-state index is 0.141. The van der Waals surface area contributed by atoms with Crippen LogP contribution >= 0.6 is 11.6 Å². The lowest BCUT2D eigenvalue weighted by molar-refractivity contribution is 0.0885. The Labute approximate surface area is 104 Å². The van der Waals surface area contributed by atoms with E-state index in [1.165, 1.54) is 6.33 Å². The average Bonchev–Trinajstić information content (AvgIpc) is 2.60. The molecule has 2 rings (SSSR count). The number of H-pyrrole nitrogens is 1. The van der Waals surface area contributed by atoms with Crippen LogP contribution in [0.5, 0.6) is 0 Å². The van der Waals surface area contributed by atoms with Gasteiger partial charge in [0.1, 0.15) is 5.52 Å². The Bertz CT molecular complexity index is 533. The van der Waals surface area contributed by atoms with Gasteiger partial charge in [-0.2, -0.15) is 9.97 Å². The van der Waals surface area contributed by atoms with E-state index in [2.05, 4.69) is 19.9 Å². The lowest BCUT2D eigenvalue weighted by Crippen LogP contribution is -2.36. The summed E-state index contributed by atoms with van der Waals surface area (Å²) in [5, 5.41) is 9.94. The van der Waals surface area contributed by atoms with E-state index in [0.717, 1.165) is 0 Å². The van der Waals surface area contributed by atoms with Gasteiger partial charge in [0.25, 0.3) is 0 Å². The predicted octanol–water partition coefficient (Wildman–Crippen LogP) is 1.21. The molecule has 0 amide bonds. The second kappa shape index (κ2) is 4.12. The number of halogens is 1. The number of likely N-dealkylation sites (N-methyl/N-ethyl adjacent to an activating group) is 1. The molecule has 0 aliphatic heterocycles. The first-order valence-electron chi connectivity index (χ1n) is 5.17. The molecule has 0 saturated heterocycles. The van der Waals surface area contributed by atoms with Crippen molar-refractivity contribution in [2.45, 2.75) is 19.4 Å². The number of anilines is 1. The van der Waals surface area contributed by atoms with Crippen molar-refractivity contribution in [2.24, 2.45) is 0 Å². The zero-order chi connectivity index (χ0) is 12.6. The van der Waals surface area contributed by atoms with Gasteiger partial charge < -0.3 is 15.0 Å². The summed E-state index contributed by atoms with van der Waals surface area (Å²) in [6.07, 6.45) is 1.54. The zero-order valence-corrected chi connectivity index (χ0v) is 10.7. The molecule has 2 aromatic heterocycles. The van der Waals surface area contributed by atoms with Crippen LogP contribution in [0.3, 0.4) is 0 Å². The Hall–Kier alpha value is -1.40. The van der Waals surface area contributed by atoms with Crippen LogP contribution in [0.15, 0.2) is 6.33 Å². The van der Waals surface area contributed by atoms with E-state index >= 15 is 0 Å². The maximum Gasteiger partial charge on any atom is 0.226 e. The summed E-state index contributed by atoms with van der Waals surface area (Å²) in [5.74, 6) is 0.625. The van der Waals surface area contributed by atoms with Gasteiger partial charge in [0.15, 0.2) is 11.5 Å². The summed E-state index contributed by atoms with van der Waals surface area (Å²) in [5.41, 5.74) is 0.405. The molecule has 2 aromatic rings. The van der Waals surface area contributed by atoms with Crippen LogP contribution in [-0.2, 0) is 0 Å². The molecule has 0 unspecified atom stereocenters. The number of fused-ring (bicyclic) bond motifs is 1. The summed E-state index contributed by atoms with van der Waals surface area (Å²) in [6.45, 7) is 3.89. The largest absolute Gasteiger partial charge is 0.389 e. The van der Waals surface area contributed by atoms with E-state index in [4.69, 9.17) is 11.6 Å². The van der Waals surface area contributed by atoms with Gasteiger partial charge in [0, 0.05) is 13.6 Å². The quantitative estimate of drug-likeness (QED) is 0.807. The van der Waals surface area contributed by atoms with E-state index in [1.54, 1.807) is 13.8 Å². The fraction of sp³-hybridized carbons (Fsp3) is 0.500. The molecule has 0 saturated carbocycles. The highest BCUT2D eigenvalue weighted by Crippen LogP contribution is 2.22. The molecule has 92 valence electrons. The van der Waals surface area contributed by atoms with Crippen molar-refractivity contribution in [3.63, 3.8) is 0 Å². The number of hydrogen-bond donors (Lipinski definition) is 2. The third kappa shape index (κ3) is 2.65. The number of imidazole rings is 1. The number of aromatic amines is 1. The molecule has 0 atom stereocenters. The molecule has 0 aliphatic carbocycles. The number of aliphatic hydroxyl groups is 1. The molecule has 0 radical (unpaired) electrons. The predicted molar refractivity (Wildman–Crippen MR) is 66.3 cm³/mol. The lowest BCUT2D eigenvalue weighted by Gasteiger charge is -2.26. The Kier molecular flexibility index (Phi) is 2.92. The number of aromatic nitrogens is 4. The first-order valence-corrected chi connectivity index (χ1v) is 5.55. The Balaban J connectivity index is 2.43. The van der Waals surface area contributed by atoms with Crippen molar-refractivity contribution in [3.8, 4) is 0 Å². The molecule has 0 bridgehead atoms. The van der Waals surface area contributed by atoms with Gasteiger partial charge in [-0.1, -0.05) is 0 Å². The summed E-state index contributed by atoms with van der Waals surface area (Å²) >= 11 is 5.83. The summed E-state index contributed by atoms with van der Waals surface area (Å²) < 4.78 is 0. The zero-order valence-electron chi connectivity index (χ0n) is 9.90. The van der Waals surface area contributed by atoms with Crippen LogP contribution in [0.4, 0.5) is 5.82 Å². The molecule has 0 aromatic carbocycles. The van der Waals surface area contributed by atoms with E-state index in [9.17, 15) is 5.11 Å². The fourth-order valence-corrected chi connectivity index (χ4v) is 1.88. The maximum absolute atomic E-state index is 9.80. The maximum atomic E-state index is 9.80. The SMILES string of the molecule is CN(CC(C)(C)O)c1nc(Cl)nc2nc[nH]c12. The standard InChI is InChI=1S/C10H14ClN5O/c1-10(2,17)4-16(3)8-6-7(13-5-12-6)14-9(11)15-8/h5,17H,4H2,1-3H3,(H,12,13,14,15). The van der Waals surface area contributed by atoms with Crippen LogP contribution in [0, 0.1) is 0 Å². The van der Waals surface area contributed by atoms with Gasteiger partial charge >= 0.3 is 0 Å². The molecule has 17 heavy (non-hydrogen) atoms. The monoisotopic (exact) mass is 255 g/mol. The average molecular weight is 256 g/mol. The summed E-state index contributed by atoms with van der Waals surface area (Å²) in [7, 11) is 1.83. The minimum atomic E-state index is -0.821. The minimum Gasteiger partial charge on any atom is -0.389 e. The topological polar surface area (TPSA) is 77.9 Å². The number of nitrogens with zero attached hydrogens (tertiary/aromatic N) is 4. The molecular formula is C10H14ClN5O. The molecule has 2 heterocycles. The van der Waals surface area contributed by atoms with Crippen LogP contribution in [0.25, 0.3) is 11.2 Å². The van der Waals surface area contributed by atoms with Crippen molar-refractivity contribution >= 4 is 28.6 Å². The van der Waals surface area contributed by atoms with Crippen LogP contribution in [0.1, 0.15) is 13.8 Å². The van der Waals surface area contributed by atoms with Gasteiger partial charge in [0.2, 0.25) is 5.28 Å². The van der Waals surface area contributed by atoms with Crippen molar-refractivity contribution in [1.82, 2.24) is 19.9 Å². The third-order valence-electron chi connectivity index (χ3n) is 2.22. The van der Waals surface area contributed by atoms with Crippen molar-refractivity contribution in [1.29, 1.82) is 0 Å². The second-order valence-corrected chi connectivity index (χ2v) is 4.92. The molecule has 0 aliphatic rings. The highest BCUT2D eigenvalue weighted by atomic mass is 35.5. The van der Waals surface area contributed by atoms with Crippen molar-refractivity contribution < 1.29 is 5.11 Å². The lowest BCUT2D eigenvalue weighted by atomic mass is 10.1. The van der Waals surface area contributed by atoms with Gasteiger partial charge in [-0.15, -0.1) is 0 Å². The highest BCUT2D eigenvalue weighted by molar-refractivity contribution is 6.28. The Morgan fingerprint density at radius 2 is 2.18 bits per heavy atom. The van der Waals surface area contributed by atoms with E-state index < -0.39 is 5.60 Å². The number of nitrogens with one attached hydrogen (secondary N) is 1. The molecular weight excluding hydrogens is 242 g/mol. The molecule has 7 heteroatoms. The molecule has 2 N–H and O–H groups in total. The third-order valence-corrected chi connectivity index (χ3v) is 2.39. The van der Waals surface area contributed by atoms with Crippen molar-refractivity contribution in [2.75, 3.05) is 18.5 Å². The van der Waals surface area contributed by atoms with E-state index in [0.29, 0.717) is 23.5 Å².